The number of benzene rings is 1. The molecule has 2 aliphatic rings. The highest BCUT2D eigenvalue weighted by Gasteiger charge is 2.34. The van der Waals surface area contributed by atoms with E-state index in [0.29, 0.717) is 19.7 Å². The van der Waals surface area contributed by atoms with Crippen molar-refractivity contribution in [2.45, 2.75) is 59.1 Å². The van der Waals surface area contributed by atoms with Gasteiger partial charge in [0.2, 0.25) is 11.8 Å². The molecule has 2 aliphatic heterocycles. The van der Waals surface area contributed by atoms with Gasteiger partial charge in [-0.1, -0.05) is 31.5 Å². The topological polar surface area (TPSA) is 59.1 Å². The largest absolute Gasteiger partial charge is 0.491 e. The van der Waals surface area contributed by atoms with Crippen molar-refractivity contribution in [1.82, 2.24) is 9.80 Å². The monoisotopic (exact) mass is 484 g/mol. The van der Waals surface area contributed by atoms with Crippen molar-refractivity contribution in [3.05, 3.63) is 51.2 Å². The minimum atomic E-state index is -0.165. The van der Waals surface area contributed by atoms with Crippen LogP contribution in [-0.4, -0.2) is 60.6 Å². The van der Waals surface area contributed by atoms with E-state index in [1.807, 2.05) is 37.8 Å². The van der Waals surface area contributed by atoms with Crippen LogP contribution in [0.25, 0.3) is 0 Å². The first-order valence-corrected chi connectivity index (χ1v) is 13.2. The molecular weight excluding hydrogens is 448 g/mol. The molecule has 1 saturated heterocycles. The van der Waals surface area contributed by atoms with Crippen LogP contribution >= 0.6 is 11.3 Å². The predicted molar refractivity (Wildman–Crippen MR) is 134 cm³/mol. The van der Waals surface area contributed by atoms with E-state index in [2.05, 4.69) is 24.4 Å². The summed E-state index contributed by atoms with van der Waals surface area (Å²) >= 11 is 1.74. The number of carbonyl (C=O) groups excluding carboxylic acids is 2. The molecule has 1 fully saturated rings. The predicted octanol–water partition coefficient (Wildman–Crippen LogP) is 4.53. The lowest BCUT2D eigenvalue weighted by atomic mass is 10.00. The third kappa shape index (κ3) is 5.63. The lowest BCUT2D eigenvalue weighted by Gasteiger charge is -2.37. The number of hydrogen-bond donors (Lipinski definition) is 0. The van der Waals surface area contributed by atoms with Crippen molar-refractivity contribution >= 4 is 23.2 Å². The maximum Gasteiger partial charge on any atom is 0.242 e. The van der Waals surface area contributed by atoms with Crippen LogP contribution in [0.2, 0.25) is 0 Å². The quantitative estimate of drug-likeness (QED) is 0.552. The van der Waals surface area contributed by atoms with Gasteiger partial charge in [0, 0.05) is 30.5 Å². The fourth-order valence-electron chi connectivity index (χ4n) is 4.89. The van der Waals surface area contributed by atoms with Crippen LogP contribution in [-0.2, 0) is 20.7 Å². The average Bonchev–Trinajstić information content (AvgIpc) is 3.49. The summed E-state index contributed by atoms with van der Waals surface area (Å²) in [7, 11) is 0. The molecule has 0 radical (unpaired) electrons. The molecule has 2 amide bonds. The molecule has 0 spiro atoms. The number of thiophene rings is 1. The Morgan fingerprint density at radius 3 is 2.79 bits per heavy atom. The molecule has 2 atom stereocenters. The molecular formula is C27H36N2O4S. The number of carbonyl (C=O) groups is 2. The van der Waals surface area contributed by atoms with Crippen LogP contribution in [0.15, 0.2) is 29.6 Å². The second-order valence-electron chi connectivity index (χ2n) is 9.74. The Balaban J connectivity index is 1.51. The summed E-state index contributed by atoms with van der Waals surface area (Å²) in [6.07, 6.45) is 2.80. The van der Waals surface area contributed by atoms with Gasteiger partial charge in [0.15, 0.2) is 0 Å². The van der Waals surface area contributed by atoms with Gasteiger partial charge in [0.1, 0.15) is 12.4 Å². The molecule has 34 heavy (non-hydrogen) atoms. The van der Waals surface area contributed by atoms with E-state index < -0.39 is 0 Å². The fourth-order valence-corrected chi connectivity index (χ4v) is 5.82. The summed E-state index contributed by atoms with van der Waals surface area (Å²) < 4.78 is 12.0. The molecule has 3 heterocycles. The van der Waals surface area contributed by atoms with Gasteiger partial charge < -0.3 is 19.3 Å². The maximum atomic E-state index is 13.6. The van der Waals surface area contributed by atoms with Gasteiger partial charge in [0.25, 0.3) is 0 Å². The van der Waals surface area contributed by atoms with E-state index >= 15 is 0 Å². The normalized spacial score (nSPS) is 19.9. The Bertz CT molecular complexity index is 1010. The molecule has 1 aromatic heterocycles. The van der Waals surface area contributed by atoms with E-state index in [0.717, 1.165) is 42.7 Å². The van der Waals surface area contributed by atoms with E-state index in [4.69, 9.17) is 9.47 Å². The Morgan fingerprint density at radius 2 is 2.09 bits per heavy atom. The first-order valence-electron chi connectivity index (χ1n) is 12.3. The smallest absolute Gasteiger partial charge is 0.242 e. The highest BCUT2D eigenvalue weighted by Crippen LogP contribution is 2.34. The third-order valence-electron chi connectivity index (χ3n) is 6.72. The van der Waals surface area contributed by atoms with Crippen LogP contribution in [0, 0.1) is 19.8 Å². The lowest BCUT2D eigenvalue weighted by Crippen LogP contribution is -2.50. The van der Waals surface area contributed by atoms with Gasteiger partial charge >= 0.3 is 0 Å². The van der Waals surface area contributed by atoms with Crippen LogP contribution in [0.1, 0.15) is 54.3 Å². The van der Waals surface area contributed by atoms with Crippen molar-refractivity contribution in [2.75, 3.05) is 32.8 Å². The highest BCUT2D eigenvalue weighted by molar-refractivity contribution is 7.10. The molecule has 184 valence electrons. The third-order valence-corrected chi connectivity index (χ3v) is 7.72. The molecule has 1 aromatic carbocycles. The summed E-state index contributed by atoms with van der Waals surface area (Å²) in [5.74, 6) is 0.649. The van der Waals surface area contributed by atoms with Crippen molar-refractivity contribution in [1.29, 1.82) is 0 Å². The van der Waals surface area contributed by atoms with E-state index in [1.165, 1.54) is 10.4 Å². The van der Waals surface area contributed by atoms with Gasteiger partial charge in [-0.2, -0.15) is 0 Å². The SMILES string of the molecule is Cc1ccc(OC[C@H]2c3ccsc3CCN2C(=O)CN(C[C@@H]2CCCO2)C(=O)C(C)C)c(C)c1. The Hall–Kier alpha value is -2.38. The highest BCUT2D eigenvalue weighted by atomic mass is 32.1. The maximum absolute atomic E-state index is 13.6. The number of ether oxygens (including phenoxy) is 2. The van der Waals surface area contributed by atoms with Gasteiger partial charge in [-0.25, -0.2) is 0 Å². The average molecular weight is 485 g/mol. The Morgan fingerprint density at radius 1 is 1.26 bits per heavy atom. The van der Waals surface area contributed by atoms with Gasteiger partial charge in [-0.3, -0.25) is 9.59 Å². The zero-order chi connectivity index (χ0) is 24.2. The van der Waals surface area contributed by atoms with E-state index in [9.17, 15) is 9.59 Å². The summed E-state index contributed by atoms with van der Waals surface area (Å²) in [5.41, 5.74) is 3.44. The second kappa shape index (κ2) is 10.9. The molecule has 0 aliphatic carbocycles. The van der Waals surface area contributed by atoms with Crippen LogP contribution < -0.4 is 4.74 Å². The number of amides is 2. The molecule has 0 unspecified atom stereocenters. The number of rotatable bonds is 8. The summed E-state index contributed by atoms with van der Waals surface area (Å²) in [4.78, 5) is 31.5. The number of hydrogen-bond acceptors (Lipinski definition) is 5. The minimum absolute atomic E-state index is 0.000150. The molecule has 0 saturated carbocycles. The lowest BCUT2D eigenvalue weighted by molar-refractivity contribution is -0.145. The van der Waals surface area contributed by atoms with Crippen LogP contribution in [0.4, 0.5) is 0 Å². The van der Waals surface area contributed by atoms with Gasteiger partial charge in [-0.05, 0) is 61.7 Å². The molecule has 6 nitrogen and oxygen atoms in total. The van der Waals surface area contributed by atoms with Gasteiger partial charge in [0.05, 0.1) is 18.7 Å². The molecule has 0 bridgehead atoms. The van der Waals surface area contributed by atoms with Crippen molar-refractivity contribution in [3.8, 4) is 5.75 Å². The summed E-state index contributed by atoms with van der Waals surface area (Å²) in [6.45, 7) is 10.2. The first kappa shape index (κ1) is 24.7. The summed E-state index contributed by atoms with van der Waals surface area (Å²) in [6, 6.07) is 8.10. The zero-order valence-corrected chi connectivity index (χ0v) is 21.5. The Labute approximate surface area is 206 Å². The van der Waals surface area contributed by atoms with E-state index in [1.54, 1.807) is 16.2 Å². The zero-order valence-electron chi connectivity index (χ0n) is 20.7. The summed E-state index contributed by atoms with van der Waals surface area (Å²) in [5, 5.41) is 2.09. The number of aryl methyl sites for hydroxylation is 2. The van der Waals surface area contributed by atoms with Crippen molar-refractivity contribution in [3.63, 3.8) is 0 Å². The molecule has 2 aromatic rings. The number of nitrogens with zero attached hydrogens (tertiary/aromatic N) is 2. The van der Waals surface area contributed by atoms with E-state index in [-0.39, 0.29) is 36.4 Å². The molecule has 0 N–H and O–H groups in total. The van der Waals surface area contributed by atoms with Crippen LogP contribution in [0.3, 0.4) is 0 Å². The van der Waals surface area contributed by atoms with Gasteiger partial charge in [-0.15, -0.1) is 11.3 Å². The van der Waals surface area contributed by atoms with Crippen molar-refractivity contribution in [2.24, 2.45) is 5.92 Å². The number of fused-ring (bicyclic) bond motifs is 1. The molecule has 7 heteroatoms. The Kier molecular flexibility index (Phi) is 7.94. The van der Waals surface area contributed by atoms with Crippen molar-refractivity contribution < 1.29 is 19.1 Å². The molecule has 4 rings (SSSR count). The standard InChI is InChI=1S/C27H36N2O4S/c1-18(2)27(31)28(15-21-6-5-12-32-21)16-26(30)29-11-9-25-22(10-13-34-25)23(29)17-33-24-8-7-19(3)14-20(24)4/h7-8,10,13-14,18,21,23H,5-6,9,11-12,15-17H2,1-4H3/t21-,23-/m0/s1. The fraction of sp³-hybridized carbons (Fsp3) is 0.556. The second-order valence-corrected chi connectivity index (χ2v) is 10.7. The first-order chi connectivity index (χ1) is 16.3. The minimum Gasteiger partial charge on any atom is -0.491 e. The van der Waals surface area contributed by atoms with Crippen LogP contribution in [0.5, 0.6) is 5.75 Å².